The molecule has 0 aromatic heterocycles. The van der Waals surface area contributed by atoms with E-state index in [1.165, 1.54) is 6.07 Å². The molecular weight excluding hydrogens is 308 g/mol. The fraction of sp³-hybridized carbons (Fsp3) is 0.231. The number of primary amides is 1. The van der Waals surface area contributed by atoms with Crippen molar-refractivity contribution in [1.29, 1.82) is 5.41 Å². The summed E-state index contributed by atoms with van der Waals surface area (Å²) in [6.07, 6.45) is 0. The molecule has 1 fully saturated rings. The second-order valence-electron chi connectivity index (χ2n) is 4.96. The van der Waals surface area contributed by atoms with Crippen LogP contribution in [0.3, 0.4) is 0 Å². The Morgan fingerprint density at radius 3 is 2.73 bits per heavy atom. The first-order valence-electron chi connectivity index (χ1n) is 6.34. The number of nitrogens with two attached hydrogens (primary N) is 1. The zero-order valence-corrected chi connectivity index (χ0v) is 12.0. The van der Waals surface area contributed by atoms with Crippen LogP contribution in [0.25, 0.3) is 0 Å². The number of rotatable bonds is 3. The van der Waals surface area contributed by atoms with Gasteiger partial charge in [-0.1, -0.05) is 30.0 Å². The lowest BCUT2D eigenvalue weighted by Gasteiger charge is -2.26. The zero-order valence-electron chi connectivity index (χ0n) is 11.2. The Kier molecular flexibility index (Phi) is 3.18. The van der Waals surface area contributed by atoms with E-state index in [0.717, 1.165) is 16.7 Å². The molecule has 2 aliphatic rings. The quantitative estimate of drug-likeness (QED) is 0.559. The molecule has 8 nitrogen and oxygen atoms in total. The second kappa shape index (κ2) is 4.82. The first kappa shape index (κ1) is 14.5. The lowest BCUT2D eigenvalue weighted by molar-refractivity contribution is -0.141. The van der Waals surface area contributed by atoms with Crippen LogP contribution in [-0.2, 0) is 20.0 Å². The number of fused-ring (bicyclic) bond motifs is 1. The van der Waals surface area contributed by atoms with Gasteiger partial charge in [-0.05, 0) is 6.07 Å². The van der Waals surface area contributed by atoms with Gasteiger partial charge in [0.2, 0.25) is 11.8 Å². The fourth-order valence-corrected chi connectivity index (χ4v) is 3.64. The molecule has 0 spiro atoms. The number of hydrogen-bond acceptors (Lipinski definition) is 6. The predicted octanol–water partition coefficient (Wildman–Crippen LogP) is -1.13. The normalized spacial score (nSPS) is 27.0. The number of carbonyl (C=O) groups is 3. The highest BCUT2D eigenvalue weighted by Gasteiger charge is 2.59. The lowest BCUT2D eigenvalue weighted by Crippen LogP contribution is -2.51. The summed E-state index contributed by atoms with van der Waals surface area (Å²) in [4.78, 5) is 36.9. The molecule has 0 saturated carbocycles. The van der Waals surface area contributed by atoms with Crippen molar-refractivity contribution in [3.05, 3.63) is 29.8 Å². The van der Waals surface area contributed by atoms with Gasteiger partial charge < -0.3 is 16.2 Å². The topological polar surface area (TPSA) is 137 Å². The van der Waals surface area contributed by atoms with E-state index < -0.39 is 35.1 Å². The van der Waals surface area contributed by atoms with E-state index in [1.54, 1.807) is 18.2 Å². The summed E-state index contributed by atoms with van der Waals surface area (Å²) in [5.74, 6) is -2.15. The van der Waals surface area contributed by atoms with Crippen molar-refractivity contribution >= 4 is 40.3 Å². The number of amidine groups is 1. The van der Waals surface area contributed by atoms with Gasteiger partial charge in [0.1, 0.15) is 11.8 Å². The minimum atomic E-state index is -2.14. The monoisotopic (exact) mass is 320 g/mol. The third-order valence-corrected chi connectivity index (χ3v) is 4.71. The van der Waals surface area contributed by atoms with Crippen LogP contribution in [-0.4, -0.2) is 39.8 Å². The van der Waals surface area contributed by atoms with Crippen molar-refractivity contribution in [2.75, 3.05) is 11.4 Å². The molecule has 9 heteroatoms. The summed E-state index contributed by atoms with van der Waals surface area (Å²) in [5, 5.41) is 19.4. The smallest absolute Gasteiger partial charge is 0.265 e. The van der Waals surface area contributed by atoms with Gasteiger partial charge in [-0.15, -0.1) is 0 Å². The molecular formula is C13H12N4O4S. The Balaban J connectivity index is 2.12. The number of carbonyl (C=O) groups excluding carboxylic acids is 3. The van der Waals surface area contributed by atoms with E-state index in [-0.39, 0.29) is 10.7 Å². The zero-order chi connectivity index (χ0) is 16.1. The highest BCUT2D eigenvalue weighted by Crippen LogP contribution is 2.46. The van der Waals surface area contributed by atoms with Gasteiger partial charge >= 0.3 is 0 Å². The number of para-hydroxylation sites is 1. The van der Waals surface area contributed by atoms with Gasteiger partial charge in [0.15, 0.2) is 10.8 Å². The van der Waals surface area contributed by atoms with Crippen molar-refractivity contribution in [2.24, 2.45) is 5.73 Å². The van der Waals surface area contributed by atoms with Crippen LogP contribution < -0.4 is 16.0 Å². The second-order valence-corrected chi connectivity index (χ2v) is 6.07. The van der Waals surface area contributed by atoms with Gasteiger partial charge in [0.25, 0.3) is 5.91 Å². The van der Waals surface area contributed by atoms with Crippen LogP contribution in [0.1, 0.15) is 5.56 Å². The molecule has 1 aromatic carbocycles. The van der Waals surface area contributed by atoms with Crippen molar-refractivity contribution < 1.29 is 19.5 Å². The summed E-state index contributed by atoms with van der Waals surface area (Å²) in [5.41, 5.74) is 3.57. The molecule has 0 bridgehead atoms. The van der Waals surface area contributed by atoms with E-state index in [2.05, 4.69) is 5.32 Å². The molecule has 114 valence electrons. The number of benzene rings is 1. The Bertz CT molecular complexity index is 722. The molecule has 0 radical (unpaired) electrons. The standard InChI is InChI=1S/C13H12N4O4S/c14-8(18)5-17-7-4-2-1-3-6(7)13(21,11(17)20)9-10(19)16-12(15)22-9/h1-4,9,21H,5H2,(H2,14,18)(H2,15,16,19). The maximum atomic E-state index is 12.7. The van der Waals surface area contributed by atoms with E-state index >= 15 is 0 Å². The van der Waals surface area contributed by atoms with Crippen LogP contribution in [0.5, 0.6) is 0 Å². The minimum Gasteiger partial charge on any atom is -0.374 e. The van der Waals surface area contributed by atoms with E-state index in [4.69, 9.17) is 11.1 Å². The van der Waals surface area contributed by atoms with Gasteiger partial charge in [-0.3, -0.25) is 24.7 Å². The fourth-order valence-electron chi connectivity index (χ4n) is 2.68. The SMILES string of the molecule is N=C1NC(=O)C(C2(O)C(=O)N(CC(N)=O)c3ccccc32)S1. The number of nitrogens with one attached hydrogen (secondary N) is 2. The first-order chi connectivity index (χ1) is 10.4. The Morgan fingerprint density at radius 2 is 2.14 bits per heavy atom. The third kappa shape index (κ3) is 1.90. The van der Waals surface area contributed by atoms with Crippen molar-refractivity contribution in [1.82, 2.24) is 5.32 Å². The average Bonchev–Trinajstić information content (AvgIpc) is 2.91. The van der Waals surface area contributed by atoms with Gasteiger partial charge in [-0.25, -0.2) is 0 Å². The molecule has 2 atom stereocenters. The number of nitrogens with zero attached hydrogens (tertiary/aromatic N) is 1. The van der Waals surface area contributed by atoms with Crippen molar-refractivity contribution in [2.45, 2.75) is 10.9 Å². The Labute approximate surface area is 129 Å². The molecule has 22 heavy (non-hydrogen) atoms. The highest BCUT2D eigenvalue weighted by molar-refractivity contribution is 8.15. The van der Waals surface area contributed by atoms with Gasteiger partial charge in [0, 0.05) is 5.56 Å². The number of amides is 3. The summed E-state index contributed by atoms with van der Waals surface area (Å²) < 4.78 is 0. The predicted molar refractivity (Wildman–Crippen MR) is 79.1 cm³/mol. The van der Waals surface area contributed by atoms with Gasteiger partial charge in [0.05, 0.1) is 5.69 Å². The largest absolute Gasteiger partial charge is 0.374 e. The molecule has 1 saturated heterocycles. The Hall–Kier alpha value is -2.39. The summed E-state index contributed by atoms with van der Waals surface area (Å²) in [7, 11) is 0. The minimum absolute atomic E-state index is 0.137. The molecule has 1 aromatic rings. The van der Waals surface area contributed by atoms with Gasteiger partial charge in [-0.2, -0.15) is 0 Å². The first-order valence-corrected chi connectivity index (χ1v) is 7.22. The Morgan fingerprint density at radius 1 is 1.45 bits per heavy atom. The van der Waals surface area contributed by atoms with E-state index in [9.17, 15) is 19.5 Å². The van der Waals surface area contributed by atoms with E-state index in [0.29, 0.717) is 5.69 Å². The van der Waals surface area contributed by atoms with Crippen LogP contribution in [0.4, 0.5) is 5.69 Å². The maximum absolute atomic E-state index is 12.7. The van der Waals surface area contributed by atoms with Crippen molar-refractivity contribution in [3.63, 3.8) is 0 Å². The molecule has 2 unspecified atom stereocenters. The van der Waals surface area contributed by atoms with E-state index in [1.807, 2.05) is 0 Å². The number of thioether (sulfide) groups is 1. The summed E-state index contributed by atoms with van der Waals surface area (Å²) >= 11 is 0.767. The van der Waals surface area contributed by atoms with Crippen LogP contribution >= 0.6 is 11.8 Å². The summed E-state index contributed by atoms with van der Waals surface area (Å²) in [6.45, 7) is -0.394. The van der Waals surface area contributed by atoms with Crippen molar-refractivity contribution in [3.8, 4) is 0 Å². The van der Waals surface area contributed by atoms with Crippen LogP contribution in [0.15, 0.2) is 24.3 Å². The lowest BCUT2D eigenvalue weighted by atomic mass is 9.91. The molecule has 3 rings (SSSR count). The number of hydrogen-bond donors (Lipinski definition) is 4. The van der Waals surface area contributed by atoms with Crippen LogP contribution in [0.2, 0.25) is 0 Å². The van der Waals surface area contributed by atoms with Crippen LogP contribution in [0, 0.1) is 5.41 Å². The molecule has 2 heterocycles. The average molecular weight is 320 g/mol. The highest BCUT2D eigenvalue weighted by atomic mass is 32.2. The maximum Gasteiger partial charge on any atom is 0.265 e. The molecule has 5 N–H and O–H groups in total. The molecule has 3 amide bonds. The third-order valence-electron chi connectivity index (χ3n) is 3.58. The number of anilines is 1. The summed E-state index contributed by atoms with van der Waals surface area (Å²) in [6, 6.07) is 6.35. The molecule has 0 aliphatic carbocycles. The molecule has 2 aliphatic heterocycles. The number of aliphatic hydroxyl groups is 1.